The number of pyridine rings is 1. The molecule has 2 heterocycles. The average molecular weight is 533 g/mol. The van der Waals surface area contributed by atoms with Gasteiger partial charge < -0.3 is 10.7 Å². The molecule has 3 aromatic carbocycles. The van der Waals surface area contributed by atoms with Crippen molar-refractivity contribution in [2.45, 2.75) is 25.3 Å². The van der Waals surface area contributed by atoms with Gasteiger partial charge in [-0.2, -0.15) is 5.10 Å². The van der Waals surface area contributed by atoms with E-state index in [1.54, 1.807) is 30.3 Å². The Morgan fingerprint density at radius 2 is 1.65 bits per heavy atom. The van der Waals surface area contributed by atoms with E-state index in [1.165, 1.54) is 5.01 Å². The zero-order valence-electron chi connectivity index (χ0n) is 19.6. The van der Waals surface area contributed by atoms with Gasteiger partial charge in [-0.15, -0.1) is 0 Å². The molecule has 9 heteroatoms. The van der Waals surface area contributed by atoms with Crippen molar-refractivity contribution in [3.63, 3.8) is 0 Å². The Kier molecular flexibility index (Phi) is 6.82. The maximum atomic E-state index is 13.5. The second-order valence-corrected chi connectivity index (χ2v) is 9.66. The number of aromatic nitrogens is 1. The van der Waals surface area contributed by atoms with Gasteiger partial charge in [-0.3, -0.25) is 14.4 Å². The molecular weight excluding hydrogens is 511 g/mol. The normalized spacial score (nSPS) is 15.1. The highest BCUT2D eigenvalue weighted by molar-refractivity contribution is 6.31. The van der Waals surface area contributed by atoms with Gasteiger partial charge in [-0.1, -0.05) is 65.7 Å². The first-order valence-electron chi connectivity index (χ1n) is 11.7. The number of amides is 2. The summed E-state index contributed by atoms with van der Waals surface area (Å²) in [5.41, 5.74) is 8.71. The summed E-state index contributed by atoms with van der Waals surface area (Å²) in [4.78, 5) is 41.0. The van der Waals surface area contributed by atoms with Gasteiger partial charge >= 0.3 is 0 Å². The van der Waals surface area contributed by atoms with E-state index in [1.807, 2.05) is 42.5 Å². The molecule has 0 bridgehead atoms. The molecule has 5 rings (SSSR count). The van der Waals surface area contributed by atoms with Crippen LogP contribution in [0, 0.1) is 0 Å². The number of halogens is 2. The molecule has 0 fully saturated rings. The number of fused-ring (bicyclic) bond motifs is 1. The number of nitrogens with zero attached hydrogens (tertiary/aromatic N) is 2. The Morgan fingerprint density at radius 1 is 0.946 bits per heavy atom. The molecule has 1 unspecified atom stereocenters. The first-order valence-corrected chi connectivity index (χ1v) is 12.4. The predicted molar refractivity (Wildman–Crippen MR) is 146 cm³/mol. The molecule has 0 saturated carbocycles. The Labute approximate surface area is 222 Å². The molecule has 0 aliphatic carbocycles. The Morgan fingerprint density at radius 3 is 2.35 bits per heavy atom. The lowest BCUT2D eigenvalue weighted by molar-refractivity contribution is -0.134. The second kappa shape index (κ2) is 10.2. The van der Waals surface area contributed by atoms with Crippen LogP contribution in [0.3, 0.4) is 0 Å². The van der Waals surface area contributed by atoms with Crippen molar-refractivity contribution in [2.24, 2.45) is 10.8 Å². The fourth-order valence-electron chi connectivity index (χ4n) is 4.63. The molecule has 0 saturated heterocycles. The number of carbonyl (C=O) groups excluding carboxylic acids is 2. The maximum Gasteiger partial charge on any atom is 0.258 e. The van der Waals surface area contributed by atoms with Crippen LogP contribution >= 0.6 is 23.2 Å². The van der Waals surface area contributed by atoms with E-state index >= 15 is 0 Å². The zero-order valence-corrected chi connectivity index (χ0v) is 21.1. The fourth-order valence-corrected chi connectivity index (χ4v) is 4.92. The van der Waals surface area contributed by atoms with Crippen molar-refractivity contribution >= 4 is 51.6 Å². The lowest BCUT2D eigenvalue weighted by atomic mass is 9.91. The lowest BCUT2D eigenvalue weighted by Gasteiger charge is -2.22. The first kappa shape index (κ1) is 24.7. The summed E-state index contributed by atoms with van der Waals surface area (Å²) < 4.78 is 0. The Hall–Kier alpha value is -3.94. The van der Waals surface area contributed by atoms with E-state index in [0.29, 0.717) is 38.8 Å². The number of primary amides is 1. The molecule has 4 aromatic rings. The van der Waals surface area contributed by atoms with Gasteiger partial charge in [0.25, 0.3) is 5.56 Å². The lowest BCUT2D eigenvalue weighted by Crippen LogP contribution is -2.28. The molecule has 37 heavy (non-hydrogen) atoms. The van der Waals surface area contributed by atoms with E-state index in [4.69, 9.17) is 28.9 Å². The van der Waals surface area contributed by atoms with Crippen molar-refractivity contribution in [1.29, 1.82) is 0 Å². The highest BCUT2D eigenvalue weighted by Crippen LogP contribution is 2.38. The smallest absolute Gasteiger partial charge is 0.258 e. The molecule has 1 atom stereocenters. The highest BCUT2D eigenvalue weighted by Gasteiger charge is 2.35. The fraction of sp³-hybridized carbons (Fsp3) is 0.143. The molecule has 1 aliphatic heterocycles. The van der Waals surface area contributed by atoms with Crippen molar-refractivity contribution in [2.75, 3.05) is 0 Å². The summed E-state index contributed by atoms with van der Waals surface area (Å²) in [6.07, 6.45) is 0.0994. The number of carbonyl (C=O) groups is 2. The van der Waals surface area contributed by atoms with Crippen LogP contribution in [-0.4, -0.2) is 27.5 Å². The topological polar surface area (TPSA) is 109 Å². The Bertz CT molecular complexity index is 1600. The summed E-state index contributed by atoms with van der Waals surface area (Å²) in [6, 6.07) is 21.4. The van der Waals surface area contributed by atoms with E-state index < -0.39 is 11.9 Å². The molecule has 1 aromatic heterocycles. The van der Waals surface area contributed by atoms with Gasteiger partial charge in [0.1, 0.15) is 0 Å². The van der Waals surface area contributed by atoms with Crippen LogP contribution < -0.4 is 11.3 Å². The predicted octanol–water partition coefficient (Wildman–Crippen LogP) is 5.45. The minimum atomic E-state index is -0.575. The number of hydrogen-bond acceptors (Lipinski definition) is 4. The molecule has 186 valence electrons. The number of aromatic amines is 1. The third-order valence-electron chi connectivity index (χ3n) is 6.33. The number of hydrazone groups is 1. The number of nitrogens with two attached hydrogens (primary N) is 1. The van der Waals surface area contributed by atoms with Gasteiger partial charge in [0, 0.05) is 45.8 Å². The van der Waals surface area contributed by atoms with Gasteiger partial charge in [0.2, 0.25) is 11.8 Å². The van der Waals surface area contributed by atoms with Crippen molar-refractivity contribution in [3.05, 3.63) is 104 Å². The van der Waals surface area contributed by atoms with Crippen LogP contribution in [0.5, 0.6) is 0 Å². The monoisotopic (exact) mass is 532 g/mol. The first-order chi connectivity index (χ1) is 17.8. The van der Waals surface area contributed by atoms with E-state index in [-0.39, 0.29) is 24.3 Å². The molecular formula is C28H22Cl2N4O3. The van der Waals surface area contributed by atoms with Gasteiger partial charge in [-0.05, 0) is 41.5 Å². The zero-order chi connectivity index (χ0) is 26.1. The number of benzene rings is 3. The summed E-state index contributed by atoms with van der Waals surface area (Å²) in [5, 5.41) is 7.85. The van der Waals surface area contributed by atoms with E-state index in [0.717, 1.165) is 16.5 Å². The van der Waals surface area contributed by atoms with Crippen LogP contribution in [0.2, 0.25) is 10.0 Å². The number of rotatable bonds is 6. The molecule has 7 nitrogen and oxygen atoms in total. The van der Waals surface area contributed by atoms with Crippen LogP contribution in [0.1, 0.15) is 36.4 Å². The number of H-pyrrole nitrogens is 1. The van der Waals surface area contributed by atoms with Gasteiger partial charge in [-0.25, -0.2) is 5.01 Å². The van der Waals surface area contributed by atoms with Crippen molar-refractivity contribution < 1.29 is 9.59 Å². The molecule has 1 aliphatic rings. The number of hydrogen-bond donors (Lipinski definition) is 2. The van der Waals surface area contributed by atoms with Crippen LogP contribution in [0.15, 0.2) is 82.7 Å². The second-order valence-electron chi connectivity index (χ2n) is 8.78. The van der Waals surface area contributed by atoms with E-state index in [9.17, 15) is 14.4 Å². The molecule has 2 amide bonds. The molecule has 0 radical (unpaired) electrons. The summed E-state index contributed by atoms with van der Waals surface area (Å²) in [5.74, 6) is -0.940. The molecule has 0 spiro atoms. The largest absolute Gasteiger partial charge is 0.370 e. The SMILES string of the molecule is NC(=O)CCC(=O)N1N=C(c2c(-c3ccccc3)c3cc(Cl)ccc3[nH]c2=O)CC1c1ccc(Cl)cc1. The van der Waals surface area contributed by atoms with Crippen molar-refractivity contribution in [1.82, 2.24) is 9.99 Å². The highest BCUT2D eigenvalue weighted by atomic mass is 35.5. The van der Waals surface area contributed by atoms with Crippen LogP contribution in [0.4, 0.5) is 0 Å². The molecule has 3 N–H and O–H groups in total. The van der Waals surface area contributed by atoms with Crippen LogP contribution in [0.25, 0.3) is 22.0 Å². The van der Waals surface area contributed by atoms with E-state index in [2.05, 4.69) is 10.1 Å². The van der Waals surface area contributed by atoms with Gasteiger partial charge in [0.05, 0.1) is 17.3 Å². The standard InChI is InChI=1S/C28H22Cl2N4O3/c29-18-8-6-16(7-9-18)23-15-22(33-34(23)25(36)13-12-24(31)35)27-26(17-4-2-1-3-5-17)20-14-19(30)10-11-21(20)32-28(27)37/h1-11,14,23H,12-13,15H2,(H2,31,35)(H,32,37). The van der Waals surface area contributed by atoms with Gasteiger partial charge in [0.15, 0.2) is 0 Å². The van der Waals surface area contributed by atoms with Crippen molar-refractivity contribution in [3.8, 4) is 11.1 Å². The third-order valence-corrected chi connectivity index (χ3v) is 6.82. The minimum absolute atomic E-state index is 0.0918. The minimum Gasteiger partial charge on any atom is -0.370 e. The summed E-state index contributed by atoms with van der Waals surface area (Å²) >= 11 is 12.4. The summed E-state index contributed by atoms with van der Waals surface area (Å²) in [7, 11) is 0. The summed E-state index contributed by atoms with van der Waals surface area (Å²) in [6.45, 7) is 0. The number of nitrogens with one attached hydrogen (secondary N) is 1. The third kappa shape index (κ3) is 5.01. The maximum absolute atomic E-state index is 13.5. The Balaban J connectivity index is 1.69. The quantitative estimate of drug-likeness (QED) is 0.344. The average Bonchev–Trinajstić information content (AvgIpc) is 3.32. The van der Waals surface area contributed by atoms with Crippen LogP contribution in [-0.2, 0) is 9.59 Å².